The van der Waals surface area contributed by atoms with Gasteiger partial charge >= 0.3 is 6.18 Å². The largest absolute Gasteiger partial charge is 0.420 e. The lowest BCUT2D eigenvalue weighted by Crippen LogP contribution is -2.09. The van der Waals surface area contributed by atoms with Gasteiger partial charge in [-0.3, -0.25) is 0 Å². The van der Waals surface area contributed by atoms with Crippen LogP contribution in [0.3, 0.4) is 0 Å². The van der Waals surface area contributed by atoms with Crippen LogP contribution in [0, 0.1) is 5.95 Å². The van der Waals surface area contributed by atoms with Crippen molar-refractivity contribution >= 4 is 15.9 Å². The average Bonchev–Trinajstić information content (AvgIpc) is 1.83. The van der Waals surface area contributed by atoms with Crippen molar-refractivity contribution in [3.63, 3.8) is 0 Å². The van der Waals surface area contributed by atoms with Gasteiger partial charge in [0, 0.05) is 0 Å². The summed E-state index contributed by atoms with van der Waals surface area (Å²) in [6, 6.07) is 1.66. The fourth-order valence-electron chi connectivity index (χ4n) is 0.624. The normalized spacial score (nSPS) is 11.8. The first-order valence-electron chi connectivity index (χ1n) is 2.80. The van der Waals surface area contributed by atoms with Crippen LogP contribution in [0.1, 0.15) is 5.56 Å². The van der Waals surface area contributed by atoms with E-state index < -0.39 is 17.7 Å². The Bertz CT molecular complexity index is 296. The van der Waals surface area contributed by atoms with E-state index in [1.807, 2.05) is 0 Å². The molecule has 0 unspecified atom stereocenters. The summed E-state index contributed by atoms with van der Waals surface area (Å²) in [5.74, 6) is -1.52. The zero-order valence-electron chi connectivity index (χ0n) is 5.49. The first-order valence-corrected chi connectivity index (χ1v) is 3.60. The van der Waals surface area contributed by atoms with Gasteiger partial charge in [-0.05, 0) is 28.1 Å². The summed E-state index contributed by atoms with van der Waals surface area (Å²) in [7, 11) is 0. The Morgan fingerprint density at radius 2 is 1.83 bits per heavy atom. The molecule has 12 heavy (non-hydrogen) atoms. The van der Waals surface area contributed by atoms with Gasteiger partial charge in [-0.15, -0.1) is 0 Å². The maximum atomic E-state index is 12.5. The average molecular weight is 244 g/mol. The third-order valence-corrected chi connectivity index (χ3v) is 1.56. The molecule has 0 bridgehead atoms. The maximum absolute atomic E-state index is 12.5. The van der Waals surface area contributed by atoms with E-state index in [2.05, 4.69) is 20.9 Å². The summed E-state index contributed by atoms with van der Waals surface area (Å²) in [6.45, 7) is 0. The number of aromatic nitrogens is 1. The Balaban J connectivity index is 3.19. The van der Waals surface area contributed by atoms with Crippen LogP contribution < -0.4 is 0 Å². The molecule has 6 heteroatoms. The van der Waals surface area contributed by atoms with E-state index in [4.69, 9.17) is 0 Å². The van der Waals surface area contributed by atoms with Crippen LogP contribution in [0.4, 0.5) is 17.6 Å². The highest BCUT2D eigenvalue weighted by Gasteiger charge is 2.34. The van der Waals surface area contributed by atoms with Gasteiger partial charge in [-0.2, -0.15) is 17.6 Å². The molecule has 1 nitrogen and oxygen atoms in total. The molecule has 1 aromatic rings. The minimum atomic E-state index is -4.68. The van der Waals surface area contributed by atoms with Crippen molar-refractivity contribution in [1.82, 2.24) is 4.98 Å². The fraction of sp³-hybridized carbons (Fsp3) is 0.167. The van der Waals surface area contributed by atoms with Gasteiger partial charge < -0.3 is 0 Å². The molecule has 0 aliphatic heterocycles. The Labute approximate surface area is 73.5 Å². The molecule has 0 aliphatic rings. The molecule has 0 saturated heterocycles. The van der Waals surface area contributed by atoms with E-state index in [0.29, 0.717) is 6.07 Å². The Hall–Kier alpha value is -0.650. The van der Waals surface area contributed by atoms with E-state index in [1.54, 1.807) is 0 Å². The van der Waals surface area contributed by atoms with Gasteiger partial charge in [0.1, 0.15) is 10.2 Å². The van der Waals surface area contributed by atoms with Crippen LogP contribution in [-0.4, -0.2) is 4.98 Å². The molecule has 66 valence electrons. The summed E-state index contributed by atoms with van der Waals surface area (Å²) in [4.78, 5) is 2.97. The first kappa shape index (κ1) is 9.44. The van der Waals surface area contributed by atoms with Crippen LogP contribution in [0.15, 0.2) is 16.7 Å². The summed E-state index contributed by atoms with van der Waals surface area (Å²) >= 11 is 2.74. The van der Waals surface area contributed by atoms with Gasteiger partial charge in [0.2, 0.25) is 5.95 Å². The highest BCUT2D eigenvalue weighted by atomic mass is 79.9. The summed E-state index contributed by atoms with van der Waals surface area (Å²) < 4.78 is 48.2. The van der Waals surface area contributed by atoms with Crippen molar-refractivity contribution in [3.8, 4) is 0 Å². The van der Waals surface area contributed by atoms with Gasteiger partial charge in [0.25, 0.3) is 0 Å². The lowest BCUT2D eigenvalue weighted by Gasteiger charge is -2.05. The Kier molecular flexibility index (Phi) is 2.36. The summed E-state index contributed by atoms with van der Waals surface area (Å²) in [6.07, 6.45) is -4.68. The number of pyridine rings is 1. The van der Waals surface area contributed by atoms with Crippen molar-refractivity contribution in [1.29, 1.82) is 0 Å². The van der Waals surface area contributed by atoms with Crippen LogP contribution in [0.2, 0.25) is 0 Å². The van der Waals surface area contributed by atoms with Crippen molar-refractivity contribution < 1.29 is 17.6 Å². The number of halogens is 5. The van der Waals surface area contributed by atoms with Gasteiger partial charge in [-0.1, -0.05) is 0 Å². The first-order chi connectivity index (χ1) is 5.41. The molecule has 1 aromatic heterocycles. The van der Waals surface area contributed by atoms with E-state index in [9.17, 15) is 17.6 Å². The van der Waals surface area contributed by atoms with E-state index in [-0.39, 0.29) is 4.60 Å². The molecule has 1 rings (SSSR count). The predicted octanol–water partition coefficient (Wildman–Crippen LogP) is 3.00. The Morgan fingerprint density at radius 3 is 2.25 bits per heavy atom. The highest BCUT2D eigenvalue weighted by molar-refractivity contribution is 9.10. The number of rotatable bonds is 0. The predicted molar refractivity (Wildman–Crippen MR) is 36.9 cm³/mol. The zero-order chi connectivity index (χ0) is 9.35. The molecular weight excluding hydrogens is 242 g/mol. The second-order valence-corrected chi connectivity index (χ2v) is 2.78. The van der Waals surface area contributed by atoms with E-state index >= 15 is 0 Å². The maximum Gasteiger partial charge on any atom is 0.420 e. The number of nitrogens with zero attached hydrogens (tertiary/aromatic N) is 1. The molecule has 0 atom stereocenters. The quantitative estimate of drug-likeness (QED) is 0.505. The lowest BCUT2D eigenvalue weighted by atomic mass is 10.3. The topological polar surface area (TPSA) is 12.9 Å². The summed E-state index contributed by atoms with van der Waals surface area (Å²) in [5, 5.41) is 0. The molecule has 0 spiro atoms. The van der Waals surface area contributed by atoms with Gasteiger partial charge in [0.05, 0.1) is 0 Å². The minimum Gasteiger partial charge on any atom is -0.212 e. The standard InChI is InChI=1S/C6H2BrF4N/c7-4-2-1-3(5(8)12-4)6(9,10)11/h1-2H. The molecule has 0 radical (unpaired) electrons. The monoisotopic (exact) mass is 243 g/mol. The van der Waals surface area contributed by atoms with Crippen molar-refractivity contribution in [2.75, 3.05) is 0 Å². The third-order valence-electron chi connectivity index (χ3n) is 1.12. The van der Waals surface area contributed by atoms with Gasteiger partial charge in [0.15, 0.2) is 0 Å². The lowest BCUT2D eigenvalue weighted by molar-refractivity contribution is -0.140. The third kappa shape index (κ3) is 1.94. The smallest absolute Gasteiger partial charge is 0.212 e. The molecule has 0 N–H and O–H groups in total. The van der Waals surface area contributed by atoms with Crippen molar-refractivity contribution in [3.05, 3.63) is 28.2 Å². The molecule has 0 aromatic carbocycles. The molecule has 0 amide bonds. The Morgan fingerprint density at radius 1 is 1.25 bits per heavy atom. The van der Waals surface area contributed by atoms with Crippen molar-refractivity contribution in [2.45, 2.75) is 6.18 Å². The van der Waals surface area contributed by atoms with Gasteiger partial charge in [-0.25, -0.2) is 4.98 Å². The molecule has 1 heterocycles. The molecule has 0 aliphatic carbocycles. The number of hydrogen-bond acceptors (Lipinski definition) is 1. The second-order valence-electron chi connectivity index (χ2n) is 1.97. The number of hydrogen-bond donors (Lipinski definition) is 0. The minimum absolute atomic E-state index is 0.0352. The second kappa shape index (κ2) is 3.01. The van der Waals surface area contributed by atoms with E-state index in [0.717, 1.165) is 6.07 Å². The van der Waals surface area contributed by atoms with Crippen LogP contribution in [0.5, 0.6) is 0 Å². The number of alkyl halides is 3. The highest BCUT2D eigenvalue weighted by Crippen LogP contribution is 2.30. The van der Waals surface area contributed by atoms with Crippen LogP contribution in [0.25, 0.3) is 0 Å². The summed E-state index contributed by atoms with van der Waals surface area (Å²) in [5.41, 5.74) is -1.36. The fourth-order valence-corrected chi connectivity index (χ4v) is 0.911. The van der Waals surface area contributed by atoms with Crippen LogP contribution >= 0.6 is 15.9 Å². The molecule has 0 fully saturated rings. The molecular formula is C6H2BrF4N. The van der Waals surface area contributed by atoms with Crippen LogP contribution in [-0.2, 0) is 6.18 Å². The molecule has 0 saturated carbocycles. The zero-order valence-corrected chi connectivity index (χ0v) is 7.08. The van der Waals surface area contributed by atoms with Crippen molar-refractivity contribution in [2.24, 2.45) is 0 Å². The SMILES string of the molecule is Fc1nc(Br)ccc1C(F)(F)F. The van der Waals surface area contributed by atoms with E-state index in [1.165, 1.54) is 0 Å².